The number of carboxylic acids is 1. The van der Waals surface area contributed by atoms with Crippen molar-refractivity contribution in [2.45, 2.75) is 0 Å². The molecule has 0 fully saturated rings. The molecule has 1 aromatic carbocycles. The highest BCUT2D eigenvalue weighted by Crippen LogP contribution is 2.33. The summed E-state index contributed by atoms with van der Waals surface area (Å²) in [5, 5.41) is 12.4. The molecule has 0 radical (unpaired) electrons. The van der Waals surface area contributed by atoms with Gasteiger partial charge in [-0.15, -0.1) is 0 Å². The van der Waals surface area contributed by atoms with Crippen LogP contribution in [0, 0.1) is 0 Å². The van der Waals surface area contributed by atoms with Crippen molar-refractivity contribution in [2.75, 3.05) is 20.8 Å². The van der Waals surface area contributed by atoms with Crippen LogP contribution >= 0.6 is 0 Å². The van der Waals surface area contributed by atoms with Crippen LogP contribution in [-0.2, 0) is 14.3 Å². The van der Waals surface area contributed by atoms with E-state index >= 15 is 0 Å². The maximum Gasteiger partial charge on any atom is 0.377 e. The van der Waals surface area contributed by atoms with Gasteiger partial charge in [0.15, 0.2) is 6.61 Å². The van der Waals surface area contributed by atoms with Crippen LogP contribution in [0.25, 0.3) is 11.3 Å². The van der Waals surface area contributed by atoms with Gasteiger partial charge in [0.2, 0.25) is 0 Å². The number of carbonyl (C=O) groups excluding carboxylic acids is 2. The molecular weight excluding hydrogens is 322 g/mol. The Morgan fingerprint density at radius 2 is 1.79 bits per heavy atom. The highest BCUT2D eigenvalue weighted by molar-refractivity contribution is 6.05. The Labute approximate surface area is 135 Å². The number of esters is 2. The molecule has 1 N–H and O–H groups in total. The van der Waals surface area contributed by atoms with Gasteiger partial charge in [0.05, 0.1) is 14.2 Å². The number of aliphatic carboxylic acids is 1. The van der Waals surface area contributed by atoms with Crippen molar-refractivity contribution in [3.63, 3.8) is 0 Å². The summed E-state index contributed by atoms with van der Waals surface area (Å²) in [5.74, 6) is -3.21. The minimum Gasteiger partial charge on any atom is -0.481 e. The highest BCUT2D eigenvalue weighted by Gasteiger charge is 2.31. The number of rotatable bonds is 6. The topological polar surface area (TPSA) is 125 Å². The number of benzene rings is 1. The van der Waals surface area contributed by atoms with E-state index in [0.29, 0.717) is 0 Å². The van der Waals surface area contributed by atoms with Crippen molar-refractivity contribution in [1.82, 2.24) is 5.16 Å². The summed E-state index contributed by atoms with van der Waals surface area (Å²) >= 11 is 0. The Kier molecular flexibility index (Phi) is 5.15. The molecule has 0 atom stereocenters. The summed E-state index contributed by atoms with van der Waals surface area (Å²) in [4.78, 5) is 34.4. The second-order valence-corrected chi connectivity index (χ2v) is 4.40. The molecule has 9 heteroatoms. The first-order chi connectivity index (χ1) is 11.5. The smallest absolute Gasteiger partial charge is 0.377 e. The quantitative estimate of drug-likeness (QED) is 0.779. The number of hydrogen-bond donors (Lipinski definition) is 1. The van der Waals surface area contributed by atoms with Crippen LogP contribution in [0.2, 0.25) is 0 Å². The molecule has 0 aliphatic rings. The number of carbonyl (C=O) groups is 3. The summed E-state index contributed by atoms with van der Waals surface area (Å²) in [5.41, 5.74) is -0.00276. The van der Waals surface area contributed by atoms with Gasteiger partial charge in [0, 0.05) is 5.56 Å². The van der Waals surface area contributed by atoms with Gasteiger partial charge in [-0.25, -0.2) is 14.4 Å². The SMILES string of the molecule is COC(=O)c1onc(-c2ccccc2OCC(=O)O)c1C(=O)OC. The van der Waals surface area contributed by atoms with Crippen molar-refractivity contribution >= 4 is 17.9 Å². The van der Waals surface area contributed by atoms with E-state index in [0.717, 1.165) is 14.2 Å². The first-order valence-electron chi connectivity index (χ1n) is 6.59. The first kappa shape index (κ1) is 17.0. The maximum atomic E-state index is 12.0. The Morgan fingerprint density at radius 3 is 2.42 bits per heavy atom. The van der Waals surface area contributed by atoms with E-state index in [9.17, 15) is 14.4 Å². The van der Waals surface area contributed by atoms with E-state index in [2.05, 4.69) is 14.6 Å². The van der Waals surface area contributed by atoms with E-state index in [1.54, 1.807) is 12.1 Å². The summed E-state index contributed by atoms with van der Waals surface area (Å²) in [7, 11) is 2.25. The lowest BCUT2D eigenvalue weighted by Crippen LogP contribution is -2.12. The van der Waals surface area contributed by atoms with Crippen LogP contribution in [0.5, 0.6) is 5.75 Å². The van der Waals surface area contributed by atoms with Gasteiger partial charge < -0.3 is 23.8 Å². The van der Waals surface area contributed by atoms with Crippen molar-refractivity contribution in [2.24, 2.45) is 0 Å². The Bertz CT molecular complexity index is 780. The van der Waals surface area contributed by atoms with Gasteiger partial charge >= 0.3 is 17.9 Å². The van der Waals surface area contributed by atoms with Gasteiger partial charge in [0.1, 0.15) is 17.0 Å². The molecule has 126 valence electrons. The third-order valence-corrected chi connectivity index (χ3v) is 2.95. The van der Waals surface area contributed by atoms with E-state index < -0.39 is 30.3 Å². The number of carboxylic acid groups (broad SMARTS) is 1. The van der Waals surface area contributed by atoms with Crippen molar-refractivity contribution in [3.8, 4) is 17.0 Å². The van der Waals surface area contributed by atoms with Crippen LogP contribution in [0.4, 0.5) is 0 Å². The van der Waals surface area contributed by atoms with Crippen molar-refractivity contribution in [3.05, 3.63) is 35.6 Å². The molecule has 0 amide bonds. The second kappa shape index (κ2) is 7.27. The molecule has 0 aliphatic heterocycles. The zero-order chi connectivity index (χ0) is 17.7. The number of ether oxygens (including phenoxy) is 3. The van der Waals surface area contributed by atoms with Crippen LogP contribution in [0.15, 0.2) is 28.8 Å². The lowest BCUT2D eigenvalue weighted by Gasteiger charge is -2.08. The second-order valence-electron chi connectivity index (χ2n) is 4.40. The van der Waals surface area contributed by atoms with Gasteiger partial charge in [-0.3, -0.25) is 0 Å². The zero-order valence-electron chi connectivity index (χ0n) is 12.8. The Hall–Kier alpha value is -3.36. The predicted molar refractivity (Wildman–Crippen MR) is 77.7 cm³/mol. The highest BCUT2D eigenvalue weighted by atomic mass is 16.6. The average molecular weight is 335 g/mol. The lowest BCUT2D eigenvalue weighted by molar-refractivity contribution is -0.139. The average Bonchev–Trinajstić information content (AvgIpc) is 3.03. The normalized spacial score (nSPS) is 10.1. The standard InChI is InChI=1S/C15H13NO8/c1-21-14(19)11-12(16-24-13(11)15(20)22-2)8-5-3-4-6-9(8)23-7-10(17)18/h3-6H,7H2,1-2H3,(H,17,18). The molecule has 2 aromatic rings. The zero-order valence-corrected chi connectivity index (χ0v) is 12.8. The van der Waals surface area contributed by atoms with Gasteiger partial charge in [-0.2, -0.15) is 0 Å². The van der Waals surface area contributed by atoms with Crippen molar-refractivity contribution in [1.29, 1.82) is 0 Å². The van der Waals surface area contributed by atoms with E-state index in [4.69, 9.17) is 14.4 Å². The maximum absolute atomic E-state index is 12.0. The number of methoxy groups -OCH3 is 2. The molecule has 0 unspecified atom stereocenters. The summed E-state index contributed by atoms with van der Waals surface area (Å²) in [6.45, 7) is -0.591. The van der Waals surface area contributed by atoms with Crippen LogP contribution in [0.1, 0.15) is 20.9 Å². The number of hydrogen-bond acceptors (Lipinski definition) is 8. The van der Waals surface area contributed by atoms with Gasteiger partial charge in [-0.1, -0.05) is 17.3 Å². The van der Waals surface area contributed by atoms with Gasteiger partial charge in [0.25, 0.3) is 5.76 Å². The first-order valence-corrected chi connectivity index (χ1v) is 6.59. The van der Waals surface area contributed by atoms with E-state index in [1.807, 2.05) is 0 Å². The predicted octanol–water partition coefficient (Wildman–Crippen LogP) is 1.38. The Balaban J connectivity index is 2.57. The molecule has 24 heavy (non-hydrogen) atoms. The largest absolute Gasteiger partial charge is 0.481 e. The summed E-state index contributed by atoms with van der Waals surface area (Å²) in [6.07, 6.45) is 0. The minimum atomic E-state index is -1.17. The fraction of sp³-hybridized carbons (Fsp3) is 0.200. The molecule has 0 spiro atoms. The fourth-order valence-corrected chi connectivity index (χ4v) is 1.93. The van der Waals surface area contributed by atoms with E-state index in [-0.39, 0.29) is 22.6 Å². The summed E-state index contributed by atoms with van der Waals surface area (Å²) < 4.78 is 19.3. The molecule has 0 bridgehead atoms. The fourth-order valence-electron chi connectivity index (χ4n) is 1.93. The van der Waals surface area contributed by atoms with E-state index in [1.165, 1.54) is 12.1 Å². The van der Waals surface area contributed by atoms with Gasteiger partial charge in [-0.05, 0) is 12.1 Å². The third kappa shape index (κ3) is 3.35. The van der Waals surface area contributed by atoms with Crippen molar-refractivity contribution < 1.29 is 38.2 Å². The molecule has 1 aromatic heterocycles. The molecular formula is C15H13NO8. The lowest BCUT2D eigenvalue weighted by atomic mass is 10.0. The number of nitrogens with zero attached hydrogens (tertiary/aromatic N) is 1. The van der Waals surface area contributed by atoms with Crippen LogP contribution < -0.4 is 4.74 Å². The molecule has 0 saturated heterocycles. The number of aromatic nitrogens is 1. The molecule has 9 nitrogen and oxygen atoms in total. The molecule has 2 rings (SSSR count). The monoisotopic (exact) mass is 335 g/mol. The molecule has 1 heterocycles. The summed E-state index contributed by atoms with van der Waals surface area (Å²) in [6, 6.07) is 6.25. The molecule has 0 saturated carbocycles. The number of para-hydroxylation sites is 1. The minimum absolute atomic E-state index is 0.0248. The van der Waals surface area contributed by atoms with Crippen LogP contribution in [0.3, 0.4) is 0 Å². The third-order valence-electron chi connectivity index (χ3n) is 2.95. The molecule has 0 aliphatic carbocycles. The Morgan fingerprint density at radius 1 is 1.12 bits per heavy atom. The van der Waals surface area contributed by atoms with Crippen LogP contribution in [-0.4, -0.2) is 49.0 Å².